The molecule has 1 aromatic rings. The van der Waals surface area contributed by atoms with E-state index in [-0.39, 0.29) is 0 Å². The molecule has 0 spiro atoms. The summed E-state index contributed by atoms with van der Waals surface area (Å²) in [6.07, 6.45) is 1.14. The Bertz CT molecular complexity index is 296. The minimum absolute atomic E-state index is 0.520. The summed E-state index contributed by atoms with van der Waals surface area (Å²) in [5, 5.41) is 7.34. The lowest BCUT2D eigenvalue weighted by atomic mass is 10.3. The van der Waals surface area contributed by atoms with Gasteiger partial charge in [0, 0.05) is 18.7 Å². The Morgan fingerprint density at radius 2 is 2.25 bits per heavy atom. The summed E-state index contributed by atoms with van der Waals surface area (Å²) < 4.78 is 5.28. The molecule has 0 aliphatic heterocycles. The summed E-state index contributed by atoms with van der Waals surface area (Å²) in [5.74, 6) is 0.935. The van der Waals surface area contributed by atoms with Crippen LogP contribution in [-0.4, -0.2) is 29.7 Å². The summed E-state index contributed by atoms with van der Waals surface area (Å²) >= 11 is 0. The molecule has 0 saturated carbocycles. The van der Waals surface area contributed by atoms with E-state index in [4.69, 9.17) is 4.52 Å². The third-order valence-corrected chi connectivity index (χ3v) is 2.63. The van der Waals surface area contributed by atoms with Crippen molar-refractivity contribution in [2.45, 2.75) is 46.3 Å². The number of aromatic nitrogens is 1. The Morgan fingerprint density at radius 1 is 1.50 bits per heavy atom. The van der Waals surface area contributed by atoms with Crippen LogP contribution < -0.4 is 5.32 Å². The zero-order valence-corrected chi connectivity index (χ0v) is 10.8. The minimum Gasteiger partial charge on any atom is -0.360 e. The van der Waals surface area contributed by atoms with E-state index in [2.05, 4.69) is 43.2 Å². The maximum Gasteiger partial charge on any atom is 0.151 e. The van der Waals surface area contributed by atoms with Crippen LogP contribution in [0.25, 0.3) is 0 Å². The zero-order valence-electron chi connectivity index (χ0n) is 10.8. The average molecular weight is 225 g/mol. The van der Waals surface area contributed by atoms with Crippen LogP contribution in [0.2, 0.25) is 0 Å². The Hall–Kier alpha value is -0.870. The number of hydrogen-bond acceptors (Lipinski definition) is 4. The molecule has 16 heavy (non-hydrogen) atoms. The quantitative estimate of drug-likeness (QED) is 0.721. The molecule has 1 heterocycles. The molecule has 0 amide bonds. The molecule has 0 aromatic carbocycles. The van der Waals surface area contributed by atoms with Crippen molar-refractivity contribution in [3.63, 3.8) is 0 Å². The van der Waals surface area contributed by atoms with E-state index in [0.717, 1.165) is 37.5 Å². The van der Waals surface area contributed by atoms with E-state index < -0.39 is 0 Å². The van der Waals surface area contributed by atoms with E-state index >= 15 is 0 Å². The van der Waals surface area contributed by atoms with Crippen LogP contribution in [0.1, 0.15) is 38.6 Å². The zero-order chi connectivity index (χ0) is 12.0. The van der Waals surface area contributed by atoms with Crippen molar-refractivity contribution in [1.82, 2.24) is 15.4 Å². The van der Waals surface area contributed by atoms with E-state index in [9.17, 15) is 0 Å². The first-order chi connectivity index (χ1) is 7.63. The van der Waals surface area contributed by atoms with Gasteiger partial charge < -0.3 is 9.84 Å². The first kappa shape index (κ1) is 13.2. The molecule has 0 unspecified atom stereocenters. The second-order valence-corrected chi connectivity index (χ2v) is 4.47. The van der Waals surface area contributed by atoms with Crippen LogP contribution in [0.3, 0.4) is 0 Å². The highest BCUT2D eigenvalue weighted by Gasteiger charge is 2.09. The monoisotopic (exact) mass is 225 g/mol. The molecule has 0 fully saturated rings. The lowest BCUT2D eigenvalue weighted by Gasteiger charge is -2.18. The molecule has 0 aliphatic carbocycles. The second-order valence-electron chi connectivity index (χ2n) is 4.47. The average Bonchev–Trinajstić information content (AvgIpc) is 2.66. The van der Waals surface area contributed by atoms with Crippen LogP contribution in [0.15, 0.2) is 10.6 Å². The van der Waals surface area contributed by atoms with Gasteiger partial charge in [0.05, 0.1) is 12.2 Å². The van der Waals surface area contributed by atoms with Crippen molar-refractivity contribution in [2.24, 2.45) is 0 Å². The topological polar surface area (TPSA) is 41.3 Å². The summed E-state index contributed by atoms with van der Waals surface area (Å²) in [5.41, 5.74) is 0.987. The van der Waals surface area contributed by atoms with Gasteiger partial charge in [0.1, 0.15) is 0 Å². The molecule has 0 radical (unpaired) electrons. The van der Waals surface area contributed by atoms with E-state index in [0.29, 0.717) is 6.04 Å². The van der Waals surface area contributed by atoms with Crippen molar-refractivity contribution in [1.29, 1.82) is 0 Å². The van der Waals surface area contributed by atoms with Gasteiger partial charge in [-0.2, -0.15) is 0 Å². The second kappa shape index (κ2) is 6.66. The molecule has 92 valence electrons. The van der Waals surface area contributed by atoms with Gasteiger partial charge in [-0.3, -0.25) is 4.90 Å². The molecule has 1 N–H and O–H groups in total. The minimum atomic E-state index is 0.520. The number of nitrogens with one attached hydrogen (secondary N) is 1. The van der Waals surface area contributed by atoms with Crippen LogP contribution in [0.5, 0.6) is 0 Å². The van der Waals surface area contributed by atoms with Gasteiger partial charge in [-0.15, -0.1) is 0 Å². The Labute approximate surface area is 98.0 Å². The van der Waals surface area contributed by atoms with Gasteiger partial charge >= 0.3 is 0 Å². The summed E-state index contributed by atoms with van der Waals surface area (Å²) in [6.45, 7) is 9.12. The van der Waals surface area contributed by atoms with E-state index in [1.165, 1.54) is 0 Å². The standard InChI is InChI=1S/C12H23N3O/c1-5-6-13-8-11-7-12(16-14-11)9-15(4)10(2)3/h7,10,13H,5-6,8-9H2,1-4H3. The Balaban J connectivity index is 2.39. The Morgan fingerprint density at radius 3 is 2.88 bits per heavy atom. The normalized spacial score (nSPS) is 11.6. The maximum absolute atomic E-state index is 5.28. The molecule has 0 atom stereocenters. The van der Waals surface area contributed by atoms with Crippen LogP contribution in [0.4, 0.5) is 0 Å². The summed E-state index contributed by atoms with van der Waals surface area (Å²) in [7, 11) is 2.09. The molecular formula is C12H23N3O. The van der Waals surface area contributed by atoms with E-state index in [1.807, 2.05) is 6.07 Å². The highest BCUT2D eigenvalue weighted by atomic mass is 16.5. The maximum atomic E-state index is 5.28. The fraction of sp³-hybridized carbons (Fsp3) is 0.750. The SMILES string of the molecule is CCCNCc1cc(CN(C)C(C)C)on1. The van der Waals surface area contributed by atoms with Gasteiger partial charge in [0.15, 0.2) is 5.76 Å². The fourth-order valence-corrected chi connectivity index (χ4v) is 1.34. The third-order valence-electron chi connectivity index (χ3n) is 2.63. The molecule has 0 saturated heterocycles. The van der Waals surface area contributed by atoms with Crippen molar-refractivity contribution >= 4 is 0 Å². The third kappa shape index (κ3) is 4.33. The van der Waals surface area contributed by atoms with Crippen molar-refractivity contribution < 1.29 is 4.52 Å². The van der Waals surface area contributed by atoms with Gasteiger partial charge in [0.25, 0.3) is 0 Å². The number of rotatable bonds is 7. The molecule has 4 nitrogen and oxygen atoms in total. The molecule has 1 rings (SSSR count). The molecule has 0 bridgehead atoms. The summed E-state index contributed by atoms with van der Waals surface area (Å²) in [4.78, 5) is 2.23. The van der Waals surface area contributed by atoms with Gasteiger partial charge in [-0.05, 0) is 33.9 Å². The van der Waals surface area contributed by atoms with Crippen molar-refractivity contribution in [3.05, 3.63) is 17.5 Å². The summed E-state index contributed by atoms with van der Waals surface area (Å²) in [6, 6.07) is 2.55. The first-order valence-electron chi connectivity index (χ1n) is 5.99. The molecule has 4 heteroatoms. The van der Waals surface area contributed by atoms with Crippen LogP contribution in [0, 0.1) is 0 Å². The molecule has 0 aliphatic rings. The number of nitrogens with zero attached hydrogens (tertiary/aromatic N) is 2. The van der Waals surface area contributed by atoms with Gasteiger partial charge in [-0.1, -0.05) is 12.1 Å². The van der Waals surface area contributed by atoms with Crippen LogP contribution in [-0.2, 0) is 13.1 Å². The smallest absolute Gasteiger partial charge is 0.151 e. The largest absolute Gasteiger partial charge is 0.360 e. The highest BCUT2D eigenvalue weighted by Crippen LogP contribution is 2.08. The van der Waals surface area contributed by atoms with E-state index in [1.54, 1.807) is 0 Å². The van der Waals surface area contributed by atoms with Crippen LogP contribution >= 0.6 is 0 Å². The predicted octanol–water partition coefficient (Wildman–Crippen LogP) is 2.01. The fourth-order valence-electron chi connectivity index (χ4n) is 1.34. The Kier molecular flexibility index (Phi) is 5.49. The first-order valence-corrected chi connectivity index (χ1v) is 5.99. The molecular weight excluding hydrogens is 202 g/mol. The lowest BCUT2D eigenvalue weighted by Crippen LogP contribution is -2.25. The molecule has 1 aromatic heterocycles. The van der Waals surface area contributed by atoms with Gasteiger partial charge in [0.2, 0.25) is 0 Å². The van der Waals surface area contributed by atoms with Gasteiger partial charge in [-0.25, -0.2) is 0 Å². The predicted molar refractivity (Wildman–Crippen MR) is 65.1 cm³/mol. The van der Waals surface area contributed by atoms with Crippen molar-refractivity contribution in [3.8, 4) is 0 Å². The number of hydrogen-bond donors (Lipinski definition) is 1. The lowest BCUT2D eigenvalue weighted by molar-refractivity contribution is 0.230. The highest BCUT2D eigenvalue weighted by molar-refractivity contribution is 5.05. The van der Waals surface area contributed by atoms with Crippen molar-refractivity contribution in [2.75, 3.05) is 13.6 Å².